The summed E-state index contributed by atoms with van der Waals surface area (Å²) in [6.07, 6.45) is 0.453. The summed E-state index contributed by atoms with van der Waals surface area (Å²) in [7, 11) is 3.04. The van der Waals surface area contributed by atoms with Crippen LogP contribution in [0.3, 0.4) is 0 Å². The lowest BCUT2D eigenvalue weighted by Gasteiger charge is -2.12. The van der Waals surface area contributed by atoms with Crippen molar-refractivity contribution in [2.45, 2.75) is 12.8 Å². The number of methoxy groups -OCH3 is 2. The largest absolute Gasteiger partial charge is 0.493 e. The first kappa shape index (κ1) is 18.3. The molecule has 0 heterocycles. The van der Waals surface area contributed by atoms with Gasteiger partial charge >= 0.3 is 5.97 Å². The number of carbonyl (C=O) groups is 3. The van der Waals surface area contributed by atoms with Crippen LogP contribution in [0.25, 0.3) is 0 Å². The number of ether oxygens (including phenoxy) is 3. The molecule has 2 amide bonds. The summed E-state index contributed by atoms with van der Waals surface area (Å²) < 4.78 is 15.3. The second kappa shape index (κ2) is 9.29. The Morgan fingerprint density at radius 2 is 1.91 bits per heavy atom. The molecule has 0 aliphatic rings. The highest BCUT2D eigenvalue weighted by Gasteiger charge is 2.13. The number of amides is 2. The van der Waals surface area contributed by atoms with Gasteiger partial charge in [0, 0.05) is 6.42 Å². The molecule has 0 spiro atoms. The molecule has 0 fully saturated rings. The molecule has 0 radical (unpaired) electrons. The van der Waals surface area contributed by atoms with Gasteiger partial charge in [0.15, 0.2) is 18.1 Å². The summed E-state index contributed by atoms with van der Waals surface area (Å²) in [5.41, 5.74) is 5.67. The van der Waals surface area contributed by atoms with Gasteiger partial charge in [0.25, 0.3) is 5.91 Å². The Bertz CT molecular complexity index is 573. The molecule has 0 aliphatic heterocycles. The quantitative estimate of drug-likeness (QED) is 0.607. The molecule has 1 aromatic rings. The number of carbonyl (C=O) groups excluding carboxylic acids is 3. The second-order valence-electron chi connectivity index (χ2n) is 4.56. The van der Waals surface area contributed by atoms with Gasteiger partial charge in [-0.3, -0.25) is 14.4 Å². The molecule has 0 unspecified atom stereocenters. The molecule has 1 rings (SSSR count). The highest BCUT2D eigenvalue weighted by molar-refractivity contribution is 5.85. The van der Waals surface area contributed by atoms with Crippen molar-refractivity contribution >= 4 is 17.8 Å². The van der Waals surface area contributed by atoms with E-state index >= 15 is 0 Å². The lowest BCUT2D eigenvalue weighted by atomic mass is 10.1. The molecule has 126 valence electrons. The maximum absolute atomic E-state index is 11.6. The average molecular weight is 324 g/mol. The van der Waals surface area contributed by atoms with Crippen LogP contribution in [0.15, 0.2) is 18.2 Å². The lowest BCUT2D eigenvalue weighted by molar-refractivity contribution is -0.148. The molecule has 3 N–H and O–H groups in total. The van der Waals surface area contributed by atoms with Crippen LogP contribution < -0.4 is 20.5 Å². The molecular weight excluding hydrogens is 304 g/mol. The summed E-state index contributed by atoms with van der Waals surface area (Å²) in [6.45, 7) is -0.751. The normalized spacial score (nSPS) is 9.83. The Hall–Kier alpha value is -2.77. The molecule has 1 aromatic carbocycles. The highest BCUT2D eigenvalue weighted by Crippen LogP contribution is 2.31. The van der Waals surface area contributed by atoms with Gasteiger partial charge in [-0.15, -0.1) is 0 Å². The second-order valence-corrected chi connectivity index (χ2v) is 4.56. The van der Waals surface area contributed by atoms with E-state index in [1.807, 2.05) is 6.07 Å². The van der Waals surface area contributed by atoms with Crippen LogP contribution in [0.5, 0.6) is 11.5 Å². The number of nitrogens with one attached hydrogen (secondary N) is 1. The van der Waals surface area contributed by atoms with Crippen LogP contribution in [-0.2, 0) is 25.5 Å². The predicted molar refractivity (Wildman–Crippen MR) is 81.0 cm³/mol. The van der Waals surface area contributed by atoms with E-state index in [0.717, 1.165) is 5.56 Å². The van der Waals surface area contributed by atoms with Crippen molar-refractivity contribution in [1.29, 1.82) is 0 Å². The Morgan fingerprint density at radius 1 is 1.17 bits per heavy atom. The molecule has 0 saturated heterocycles. The van der Waals surface area contributed by atoms with E-state index in [1.165, 1.54) is 14.2 Å². The zero-order valence-electron chi connectivity index (χ0n) is 13.1. The fourth-order valence-electron chi connectivity index (χ4n) is 1.84. The van der Waals surface area contributed by atoms with Crippen molar-refractivity contribution in [3.8, 4) is 11.5 Å². The maximum Gasteiger partial charge on any atom is 0.306 e. The molecule has 0 saturated carbocycles. The standard InChI is InChI=1S/C15H20N2O6/c1-21-11-5-3-4-10(15(11)22-2)6-7-14(20)23-9-13(19)17-8-12(16)18/h3-5H,6-9H2,1-2H3,(H2,16,18)(H,17,19). The number of hydrogen-bond donors (Lipinski definition) is 2. The smallest absolute Gasteiger partial charge is 0.306 e. The predicted octanol–water partition coefficient (Wildman–Crippen LogP) is -0.219. The zero-order chi connectivity index (χ0) is 17.2. The minimum atomic E-state index is -0.671. The molecule has 8 heteroatoms. The number of aryl methyl sites for hydroxylation is 1. The number of hydrogen-bond acceptors (Lipinski definition) is 6. The van der Waals surface area contributed by atoms with Gasteiger partial charge in [-0.2, -0.15) is 0 Å². The van der Waals surface area contributed by atoms with Crippen LogP contribution in [0.2, 0.25) is 0 Å². The van der Waals surface area contributed by atoms with Gasteiger partial charge in [-0.1, -0.05) is 12.1 Å². The van der Waals surface area contributed by atoms with E-state index in [2.05, 4.69) is 5.32 Å². The number of nitrogens with two attached hydrogens (primary N) is 1. The fraction of sp³-hybridized carbons (Fsp3) is 0.400. The Morgan fingerprint density at radius 3 is 2.52 bits per heavy atom. The SMILES string of the molecule is COc1cccc(CCC(=O)OCC(=O)NCC(N)=O)c1OC. The molecule has 0 aliphatic carbocycles. The van der Waals surface area contributed by atoms with Gasteiger partial charge < -0.3 is 25.3 Å². The molecular formula is C15H20N2O6. The van der Waals surface area contributed by atoms with Gasteiger partial charge in [0.1, 0.15) is 0 Å². The van der Waals surface area contributed by atoms with E-state index in [0.29, 0.717) is 17.9 Å². The van der Waals surface area contributed by atoms with Gasteiger partial charge in [-0.25, -0.2) is 0 Å². The molecule has 0 atom stereocenters. The van der Waals surface area contributed by atoms with E-state index in [9.17, 15) is 14.4 Å². The number of esters is 1. The summed E-state index contributed by atoms with van der Waals surface area (Å²) in [4.78, 5) is 33.4. The van der Waals surface area contributed by atoms with Crippen LogP contribution in [0.4, 0.5) is 0 Å². The molecule has 8 nitrogen and oxygen atoms in total. The van der Waals surface area contributed by atoms with Crippen molar-refractivity contribution in [2.75, 3.05) is 27.4 Å². The highest BCUT2D eigenvalue weighted by atomic mass is 16.5. The summed E-state index contributed by atoms with van der Waals surface area (Å²) in [5.74, 6) is -0.666. The monoisotopic (exact) mass is 324 g/mol. The number of primary amides is 1. The van der Waals surface area contributed by atoms with E-state index < -0.39 is 24.4 Å². The Labute approximate surface area is 133 Å². The average Bonchev–Trinajstić information content (AvgIpc) is 2.55. The van der Waals surface area contributed by atoms with E-state index in [4.69, 9.17) is 19.9 Å². The van der Waals surface area contributed by atoms with Gasteiger partial charge in [-0.05, 0) is 18.1 Å². The summed E-state index contributed by atoms with van der Waals surface area (Å²) >= 11 is 0. The van der Waals surface area contributed by atoms with Crippen LogP contribution in [0, 0.1) is 0 Å². The van der Waals surface area contributed by atoms with Crippen molar-refractivity contribution in [1.82, 2.24) is 5.32 Å². The first-order valence-electron chi connectivity index (χ1n) is 6.88. The molecule has 23 heavy (non-hydrogen) atoms. The van der Waals surface area contributed by atoms with Crippen molar-refractivity contribution in [2.24, 2.45) is 5.73 Å². The third-order valence-corrected chi connectivity index (χ3v) is 2.91. The lowest BCUT2D eigenvalue weighted by Crippen LogP contribution is -2.36. The van der Waals surface area contributed by atoms with Crippen molar-refractivity contribution in [3.05, 3.63) is 23.8 Å². The first-order chi connectivity index (χ1) is 11.0. The number of para-hydroxylation sites is 1. The minimum absolute atomic E-state index is 0.0760. The molecule has 0 aromatic heterocycles. The third kappa shape index (κ3) is 6.25. The van der Waals surface area contributed by atoms with Gasteiger partial charge in [0.2, 0.25) is 5.91 Å². The van der Waals surface area contributed by atoms with E-state index in [1.54, 1.807) is 12.1 Å². The fourth-order valence-corrected chi connectivity index (χ4v) is 1.84. The van der Waals surface area contributed by atoms with Crippen molar-refractivity contribution in [3.63, 3.8) is 0 Å². The number of benzene rings is 1. The van der Waals surface area contributed by atoms with E-state index in [-0.39, 0.29) is 13.0 Å². The Balaban J connectivity index is 2.45. The zero-order valence-corrected chi connectivity index (χ0v) is 13.1. The molecule has 0 bridgehead atoms. The van der Waals surface area contributed by atoms with Crippen molar-refractivity contribution < 1.29 is 28.6 Å². The van der Waals surface area contributed by atoms with Crippen LogP contribution in [-0.4, -0.2) is 45.2 Å². The first-order valence-corrected chi connectivity index (χ1v) is 6.88. The maximum atomic E-state index is 11.6. The third-order valence-electron chi connectivity index (χ3n) is 2.91. The summed E-state index contributed by atoms with van der Waals surface area (Å²) in [6, 6.07) is 5.36. The Kier molecular flexibility index (Phi) is 7.38. The minimum Gasteiger partial charge on any atom is -0.493 e. The van der Waals surface area contributed by atoms with Crippen LogP contribution in [0.1, 0.15) is 12.0 Å². The van der Waals surface area contributed by atoms with Crippen LogP contribution >= 0.6 is 0 Å². The summed E-state index contributed by atoms with van der Waals surface area (Å²) in [5, 5.41) is 2.22. The van der Waals surface area contributed by atoms with Gasteiger partial charge in [0.05, 0.1) is 20.8 Å². The topological polar surface area (TPSA) is 117 Å². The number of rotatable bonds is 9.